The van der Waals surface area contributed by atoms with Crippen molar-refractivity contribution in [3.8, 4) is 5.00 Å². The largest absolute Gasteiger partial charge is 0.301 e. The lowest BCUT2D eigenvalue weighted by atomic mass is 9.76. The fourth-order valence-electron chi connectivity index (χ4n) is 8.29. The van der Waals surface area contributed by atoms with Gasteiger partial charge in [0, 0.05) is 32.9 Å². The SMILES string of the molecule is CC1(C)C2=Cc3c(c4ccccc4n3-c3cc4c(s3)c3cccc5c6ccccc6c(=O)n4c53)CC2c2ccccc21. The van der Waals surface area contributed by atoms with Gasteiger partial charge in [0.05, 0.1) is 26.9 Å². The van der Waals surface area contributed by atoms with Crippen LogP contribution in [0.5, 0.6) is 0 Å². The first kappa shape index (κ1) is 23.0. The Morgan fingerprint density at radius 1 is 0.762 bits per heavy atom. The van der Waals surface area contributed by atoms with Crippen LogP contribution < -0.4 is 5.56 Å². The van der Waals surface area contributed by atoms with Crippen molar-refractivity contribution in [1.29, 1.82) is 0 Å². The molecule has 2 aliphatic carbocycles. The second-order valence-electron chi connectivity index (χ2n) is 12.5. The van der Waals surface area contributed by atoms with E-state index in [4.69, 9.17) is 0 Å². The van der Waals surface area contributed by atoms with Gasteiger partial charge in [0.1, 0.15) is 5.00 Å². The van der Waals surface area contributed by atoms with Crippen molar-refractivity contribution in [2.45, 2.75) is 31.6 Å². The van der Waals surface area contributed by atoms with Gasteiger partial charge >= 0.3 is 0 Å². The van der Waals surface area contributed by atoms with E-state index in [2.05, 4.69) is 103 Å². The van der Waals surface area contributed by atoms with E-state index in [0.717, 1.165) is 44.0 Å². The topological polar surface area (TPSA) is 26.4 Å². The number of nitrogens with zero attached hydrogens (tertiary/aromatic N) is 2. The third kappa shape index (κ3) is 2.61. The molecule has 0 N–H and O–H groups in total. The minimum Gasteiger partial charge on any atom is -0.301 e. The fraction of sp³-hybridized carbons (Fsp3) is 0.132. The zero-order chi connectivity index (χ0) is 27.9. The summed E-state index contributed by atoms with van der Waals surface area (Å²) in [6.45, 7) is 4.76. The van der Waals surface area contributed by atoms with Gasteiger partial charge in [0.2, 0.25) is 0 Å². The first-order valence-electron chi connectivity index (χ1n) is 14.7. The molecule has 4 heterocycles. The molecule has 3 nitrogen and oxygen atoms in total. The van der Waals surface area contributed by atoms with Gasteiger partial charge in [-0.15, -0.1) is 11.3 Å². The Hall–Kier alpha value is -4.67. The summed E-state index contributed by atoms with van der Waals surface area (Å²) >= 11 is 1.80. The molecule has 0 aliphatic heterocycles. The first-order chi connectivity index (χ1) is 20.5. The number of aromatic nitrogens is 2. The summed E-state index contributed by atoms with van der Waals surface area (Å²) in [6, 6.07) is 34.6. The lowest BCUT2D eigenvalue weighted by Crippen LogP contribution is -2.19. The molecule has 4 aromatic carbocycles. The van der Waals surface area contributed by atoms with E-state index in [9.17, 15) is 4.79 Å². The lowest BCUT2D eigenvalue weighted by Gasteiger charge is -2.28. The highest BCUT2D eigenvalue weighted by atomic mass is 32.1. The van der Waals surface area contributed by atoms with Crippen molar-refractivity contribution in [2.75, 3.05) is 0 Å². The predicted molar refractivity (Wildman–Crippen MR) is 176 cm³/mol. The second kappa shape index (κ2) is 7.58. The molecular weight excluding hydrogens is 532 g/mol. The van der Waals surface area contributed by atoms with E-state index < -0.39 is 0 Å². The summed E-state index contributed by atoms with van der Waals surface area (Å²) in [5.74, 6) is 0.410. The summed E-state index contributed by atoms with van der Waals surface area (Å²) < 4.78 is 5.59. The van der Waals surface area contributed by atoms with E-state index >= 15 is 0 Å². The second-order valence-corrected chi connectivity index (χ2v) is 13.5. The summed E-state index contributed by atoms with van der Waals surface area (Å²) in [6.07, 6.45) is 3.50. The molecule has 42 heavy (non-hydrogen) atoms. The van der Waals surface area contributed by atoms with Gasteiger partial charge in [-0.1, -0.05) is 98.3 Å². The Bertz CT molecular complexity index is 2560. The zero-order valence-corrected chi connectivity index (χ0v) is 24.1. The van der Waals surface area contributed by atoms with E-state index in [1.54, 1.807) is 11.3 Å². The Balaban J connectivity index is 1.29. The smallest absolute Gasteiger partial charge is 0.263 e. The Morgan fingerprint density at radius 2 is 1.48 bits per heavy atom. The number of allylic oxidation sites excluding steroid dienone is 1. The third-order valence-corrected chi connectivity index (χ3v) is 11.3. The van der Waals surface area contributed by atoms with E-state index in [-0.39, 0.29) is 11.0 Å². The first-order valence-corrected chi connectivity index (χ1v) is 15.5. The van der Waals surface area contributed by atoms with Crippen molar-refractivity contribution < 1.29 is 0 Å². The van der Waals surface area contributed by atoms with Gasteiger partial charge in [-0.3, -0.25) is 9.20 Å². The molecule has 0 amide bonds. The van der Waals surface area contributed by atoms with Crippen molar-refractivity contribution in [3.63, 3.8) is 0 Å². The van der Waals surface area contributed by atoms with E-state index in [1.807, 2.05) is 22.6 Å². The van der Waals surface area contributed by atoms with Crippen molar-refractivity contribution in [1.82, 2.24) is 8.97 Å². The Morgan fingerprint density at radius 3 is 2.36 bits per heavy atom. The number of benzene rings is 4. The molecule has 10 rings (SSSR count). The predicted octanol–water partition coefficient (Wildman–Crippen LogP) is 9.22. The third-order valence-electron chi connectivity index (χ3n) is 10.1. The van der Waals surface area contributed by atoms with Crippen LogP contribution in [-0.2, 0) is 11.8 Å². The number of fused-ring (bicyclic) bond motifs is 11. The highest BCUT2D eigenvalue weighted by Gasteiger charge is 2.44. The molecule has 2 aliphatic rings. The number of thiophene rings is 1. The minimum absolute atomic E-state index is 0.0135. The van der Waals surface area contributed by atoms with Crippen molar-refractivity contribution in [2.24, 2.45) is 0 Å². The van der Waals surface area contributed by atoms with Crippen LogP contribution in [0.4, 0.5) is 0 Å². The number of hydrogen-bond acceptors (Lipinski definition) is 2. The maximum atomic E-state index is 14.0. The van der Waals surface area contributed by atoms with Crippen LogP contribution in [0.25, 0.3) is 59.3 Å². The number of hydrogen-bond donors (Lipinski definition) is 0. The highest BCUT2D eigenvalue weighted by molar-refractivity contribution is 7.22. The average Bonchev–Trinajstić information content (AvgIpc) is 3.72. The van der Waals surface area contributed by atoms with Gasteiger partial charge < -0.3 is 4.57 Å². The van der Waals surface area contributed by atoms with Crippen molar-refractivity contribution in [3.05, 3.63) is 135 Å². The minimum atomic E-state index is -0.0135. The summed E-state index contributed by atoms with van der Waals surface area (Å²) in [5, 5.41) is 6.56. The molecule has 0 fully saturated rings. The molecule has 4 heteroatoms. The lowest BCUT2D eigenvalue weighted by molar-refractivity contribution is 0.613. The van der Waals surface area contributed by atoms with Gasteiger partial charge in [-0.25, -0.2) is 0 Å². The molecular formula is C38H26N2OS. The maximum Gasteiger partial charge on any atom is 0.263 e. The molecule has 1 atom stereocenters. The molecule has 0 radical (unpaired) electrons. The number of rotatable bonds is 1. The molecule has 0 saturated heterocycles. The maximum absolute atomic E-state index is 14.0. The van der Waals surface area contributed by atoms with Crippen LogP contribution in [0.1, 0.15) is 42.1 Å². The van der Waals surface area contributed by atoms with Crippen LogP contribution in [0.2, 0.25) is 0 Å². The van der Waals surface area contributed by atoms with E-state index in [0.29, 0.717) is 5.92 Å². The molecule has 4 aromatic heterocycles. The highest BCUT2D eigenvalue weighted by Crippen LogP contribution is 2.55. The average molecular weight is 559 g/mol. The van der Waals surface area contributed by atoms with Crippen LogP contribution in [-0.4, -0.2) is 8.97 Å². The summed E-state index contributed by atoms with van der Waals surface area (Å²) in [4.78, 5) is 14.0. The molecule has 0 spiro atoms. The van der Waals surface area contributed by atoms with Crippen LogP contribution >= 0.6 is 11.3 Å². The fourth-order valence-corrected chi connectivity index (χ4v) is 9.49. The standard InChI is InChI=1S/C38H26N2OS/c1-38(2)29-16-7-5-11-22(29)27-18-28-23-12-6-8-17-31(23)39(32(28)19-30(27)38)34-20-33-36(42-34)26-15-9-14-24-21-10-3-4-13-25(21)37(41)40(33)35(24)26/h3-17,19-20,27H,18H2,1-2H3. The normalized spacial score (nSPS) is 17.4. The summed E-state index contributed by atoms with van der Waals surface area (Å²) in [7, 11) is 0. The number of pyridine rings is 1. The number of para-hydroxylation sites is 2. The Kier molecular flexibility index (Phi) is 4.14. The Labute approximate surface area is 245 Å². The monoisotopic (exact) mass is 558 g/mol. The van der Waals surface area contributed by atoms with Crippen molar-refractivity contribution >= 4 is 65.6 Å². The summed E-state index contributed by atoms with van der Waals surface area (Å²) in [5.41, 5.74) is 10.4. The van der Waals surface area contributed by atoms with Gasteiger partial charge in [-0.2, -0.15) is 0 Å². The molecule has 8 aromatic rings. The van der Waals surface area contributed by atoms with Gasteiger partial charge in [0.25, 0.3) is 5.56 Å². The molecule has 200 valence electrons. The van der Waals surface area contributed by atoms with Crippen LogP contribution in [0.3, 0.4) is 0 Å². The quantitative estimate of drug-likeness (QED) is 0.185. The zero-order valence-electron chi connectivity index (χ0n) is 23.3. The van der Waals surface area contributed by atoms with Crippen LogP contribution in [0.15, 0.2) is 107 Å². The molecule has 0 bridgehead atoms. The van der Waals surface area contributed by atoms with Gasteiger partial charge in [-0.05, 0) is 52.8 Å². The van der Waals surface area contributed by atoms with Gasteiger partial charge in [0.15, 0.2) is 0 Å². The molecule has 1 unspecified atom stereocenters. The molecule has 0 saturated carbocycles. The van der Waals surface area contributed by atoms with Crippen LogP contribution in [0, 0.1) is 0 Å². The van der Waals surface area contributed by atoms with E-state index in [1.165, 1.54) is 43.6 Å².